The second kappa shape index (κ2) is 11.6. The number of nitrogens with one attached hydrogen (secondary N) is 1. The molecule has 8 N–H and O–H groups in total. The molecule has 8 bridgehead atoms. The zero-order valence-electron chi connectivity index (χ0n) is 26.8. The number of ether oxygens (including phenoxy) is 1. The predicted molar refractivity (Wildman–Crippen MR) is 166 cm³/mol. The highest BCUT2D eigenvalue weighted by atomic mass is 16.6. The number of alkyl carbamates (subject to hydrolysis) is 1. The molecule has 2 amide bonds. The number of aliphatic hydroxyl groups is 4. The van der Waals surface area contributed by atoms with Crippen LogP contribution in [0.4, 0.5) is 4.79 Å². The first-order chi connectivity index (χ1) is 20.5. The molecule has 13 nitrogen and oxygen atoms in total. The Kier molecular flexibility index (Phi) is 9.15. The zero-order valence-corrected chi connectivity index (χ0v) is 26.8. The number of carboxylic acids is 1. The fourth-order valence-electron chi connectivity index (χ4n) is 11.1. The van der Waals surface area contributed by atoms with Crippen molar-refractivity contribution in [1.29, 1.82) is 5.26 Å². The third-order valence-electron chi connectivity index (χ3n) is 11.2. The molecule has 0 aliphatic heterocycles. The van der Waals surface area contributed by atoms with Crippen molar-refractivity contribution >= 4 is 18.0 Å². The van der Waals surface area contributed by atoms with Gasteiger partial charge in [0.05, 0.1) is 34.5 Å². The van der Waals surface area contributed by atoms with Crippen LogP contribution >= 0.6 is 0 Å². The van der Waals surface area contributed by atoms with E-state index in [1.807, 2.05) is 6.07 Å². The number of rotatable bonds is 6. The molecule has 13 heteroatoms. The number of nitrogens with zero attached hydrogens (tertiary/aromatic N) is 2. The lowest BCUT2D eigenvalue weighted by Gasteiger charge is -2.64. The van der Waals surface area contributed by atoms with Crippen molar-refractivity contribution in [2.45, 2.75) is 145 Å². The van der Waals surface area contributed by atoms with E-state index in [4.69, 9.17) is 15.7 Å². The molecule has 8 aliphatic rings. The number of likely N-dealkylation sites (N-methyl/N-ethyl adjacent to an activating group) is 1. The minimum absolute atomic E-state index is 0. The van der Waals surface area contributed by atoms with E-state index < -0.39 is 63.0 Å². The van der Waals surface area contributed by atoms with E-state index in [1.54, 1.807) is 27.8 Å². The summed E-state index contributed by atoms with van der Waals surface area (Å²) in [6.45, 7) is 5.12. The van der Waals surface area contributed by atoms with Crippen molar-refractivity contribution in [3.63, 3.8) is 0 Å². The summed E-state index contributed by atoms with van der Waals surface area (Å²) in [5, 5.41) is 63.9. The minimum Gasteiger partial charge on any atom is -0.480 e. The second-order valence-corrected chi connectivity index (χ2v) is 16.9. The molecule has 0 heterocycles. The third kappa shape index (κ3) is 6.88. The first-order valence-electron chi connectivity index (χ1n) is 16.0. The molecule has 8 rings (SSSR count). The van der Waals surface area contributed by atoms with Crippen LogP contribution in [0, 0.1) is 34.0 Å². The van der Waals surface area contributed by atoms with Crippen molar-refractivity contribution in [3.8, 4) is 6.07 Å². The lowest BCUT2D eigenvalue weighted by molar-refractivity contribution is -0.237. The van der Waals surface area contributed by atoms with Crippen LogP contribution in [0.5, 0.6) is 0 Å². The Morgan fingerprint density at radius 3 is 1.65 bits per heavy atom. The Morgan fingerprint density at radius 1 is 0.870 bits per heavy atom. The van der Waals surface area contributed by atoms with E-state index in [1.165, 1.54) is 4.90 Å². The molecular weight excluding hydrogens is 596 g/mol. The summed E-state index contributed by atoms with van der Waals surface area (Å²) in [6, 6.07) is -0.00994. The van der Waals surface area contributed by atoms with Gasteiger partial charge in [-0.2, -0.15) is 5.26 Å². The monoisotopic (exact) mass is 650 g/mol. The molecule has 8 fully saturated rings. The fourth-order valence-corrected chi connectivity index (χ4v) is 11.1. The summed E-state index contributed by atoms with van der Waals surface area (Å²) < 4.78 is 5.19. The van der Waals surface area contributed by atoms with E-state index in [-0.39, 0.29) is 51.0 Å². The summed E-state index contributed by atoms with van der Waals surface area (Å²) in [5.41, 5.74) is 0.265. The number of hydrogen-bond acceptors (Lipinski definition) is 10. The molecular formula is C33H54N4O9. The van der Waals surface area contributed by atoms with Gasteiger partial charge >= 0.3 is 12.1 Å². The van der Waals surface area contributed by atoms with Gasteiger partial charge in [0.25, 0.3) is 0 Å². The average molecular weight is 651 g/mol. The van der Waals surface area contributed by atoms with Gasteiger partial charge in [0, 0.05) is 30.7 Å². The maximum atomic E-state index is 12.4. The van der Waals surface area contributed by atoms with Crippen LogP contribution in [0.1, 0.15) is 105 Å². The first kappa shape index (κ1) is 36.3. The number of hydrogen-bond donors (Lipinski definition) is 7. The van der Waals surface area contributed by atoms with Crippen LogP contribution in [-0.2, 0) is 14.3 Å². The average Bonchev–Trinajstić information content (AvgIpc) is 2.81. The van der Waals surface area contributed by atoms with Gasteiger partial charge in [-0.3, -0.25) is 4.79 Å². The molecule has 46 heavy (non-hydrogen) atoms. The number of carboxylic acid groups (broad SMARTS) is 1. The first-order valence-corrected chi connectivity index (χ1v) is 16.0. The number of nitrogens with two attached hydrogens (primary N) is 1. The van der Waals surface area contributed by atoms with Gasteiger partial charge < -0.3 is 46.2 Å². The van der Waals surface area contributed by atoms with Gasteiger partial charge in [-0.1, -0.05) is 7.43 Å². The molecule has 0 aromatic carbocycles. The van der Waals surface area contributed by atoms with Gasteiger partial charge in [-0.25, -0.2) is 9.59 Å². The van der Waals surface area contributed by atoms with Crippen LogP contribution in [0.3, 0.4) is 0 Å². The lowest BCUT2D eigenvalue weighted by atomic mass is 9.44. The Hall–Kier alpha value is -2.50. The zero-order chi connectivity index (χ0) is 33.4. The quantitative estimate of drug-likeness (QED) is 0.205. The van der Waals surface area contributed by atoms with Gasteiger partial charge in [0.15, 0.2) is 0 Å². The highest BCUT2D eigenvalue weighted by Gasteiger charge is 2.67. The van der Waals surface area contributed by atoms with Crippen LogP contribution in [0.15, 0.2) is 0 Å². The molecule has 6 atom stereocenters. The van der Waals surface area contributed by atoms with E-state index in [0.29, 0.717) is 51.4 Å². The highest BCUT2D eigenvalue weighted by Crippen LogP contribution is 2.65. The normalized spacial score (nSPS) is 42.4. The van der Waals surface area contributed by atoms with Crippen molar-refractivity contribution in [3.05, 3.63) is 0 Å². The fraction of sp³-hybridized carbons (Fsp3) is 0.879. The molecule has 4 unspecified atom stereocenters. The van der Waals surface area contributed by atoms with E-state index in [9.17, 15) is 39.9 Å². The van der Waals surface area contributed by atoms with Crippen molar-refractivity contribution < 1.29 is 44.7 Å². The number of amides is 2. The largest absolute Gasteiger partial charge is 0.480 e. The molecule has 0 radical (unpaired) electrons. The van der Waals surface area contributed by atoms with Crippen LogP contribution in [0.2, 0.25) is 0 Å². The summed E-state index contributed by atoms with van der Waals surface area (Å²) in [7, 11) is 1.56. The lowest BCUT2D eigenvalue weighted by Crippen LogP contribution is -2.69. The number of aliphatic carboxylic acids is 1. The van der Waals surface area contributed by atoms with Gasteiger partial charge in [0.2, 0.25) is 5.91 Å². The molecule has 260 valence electrons. The summed E-state index contributed by atoms with van der Waals surface area (Å²) >= 11 is 0. The second-order valence-electron chi connectivity index (χ2n) is 16.9. The number of carbonyl (C=O) groups is 3. The van der Waals surface area contributed by atoms with Gasteiger partial charge in [-0.15, -0.1) is 0 Å². The van der Waals surface area contributed by atoms with Crippen LogP contribution in [0.25, 0.3) is 0 Å². The Bertz CT molecular complexity index is 1240. The summed E-state index contributed by atoms with van der Waals surface area (Å²) in [5.74, 6) is -1.12. The predicted octanol–water partition coefficient (Wildman–Crippen LogP) is 1.79. The van der Waals surface area contributed by atoms with Crippen LogP contribution in [-0.4, -0.2) is 102 Å². The van der Waals surface area contributed by atoms with Crippen molar-refractivity contribution in [1.82, 2.24) is 10.2 Å². The van der Waals surface area contributed by atoms with Gasteiger partial charge in [0.1, 0.15) is 18.2 Å². The molecule has 0 saturated heterocycles. The standard InChI is InChI=1S/C17H27NO6.C15H23N3O3.CH4/c1-14(2,3)24-13(21)18-11(12(19)20)15-4-10-5-16(22,7-15)9-17(23,6-10)8-15;1-18(3-2-16)12(19)11(17)13-4-10-5-14(20,7-13)9-15(21,6-10)8-13;/h10-11,22-23H,4-9H2,1-3H3,(H,18,21)(H,19,20);10-11,20-21H,3-9,17H2,1H3;1H4/t10?,11-,15?,16?,17?;10?,11-,13?,14?,15?;/m11./s1. The van der Waals surface area contributed by atoms with E-state index in [2.05, 4.69) is 5.32 Å². The smallest absolute Gasteiger partial charge is 0.408 e. The van der Waals surface area contributed by atoms with Crippen molar-refractivity contribution in [2.24, 2.45) is 28.4 Å². The van der Waals surface area contributed by atoms with E-state index in [0.717, 1.165) is 6.42 Å². The topological polar surface area (TPSA) is 227 Å². The maximum Gasteiger partial charge on any atom is 0.408 e. The highest BCUT2D eigenvalue weighted by molar-refractivity contribution is 5.83. The molecule has 8 aliphatic carbocycles. The van der Waals surface area contributed by atoms with Crippen LogP contribution < -0.4 is 11.1 Å². The Morgan fingerprint density at radius 2 is 1.28 bits per heavy atom. The number of carbonyl (C=O) groups excluding carboxylic acids is 2. The van der Waals surface area contributed by atoms with Gasteiger partial charge in [-0.05, 0) is 96.8 Å². The maximum absolute atomic E-state index is 12.4. The third-order valence-corrected chi connectivity index (χ3v) is 11.2. The Labute approximate surface area is 271 Å². The molecule has 0 aromatic rings. The van der Waals surface area contributed by atoms with E-state index >= 15 is 0 Å². The summed E-state index contributed by atoms with van der Waals surface area (Å²) in [6.07, 6.45) is 5.38. The molecule has 0 aromatic heterocycles. The van der Waals surface area contributed by atoms with Crippen molar-refractivity contribution in [2.75, 3.05) is 13.6 Å². The molecule has 8 saturated carbocycles. The molecule has 0 spiro atoms. The Balaban J connectivity index is 0.000000206. The summed E-state index contributed by atoms with van der Waals surface area (Å²) in [4.78, 5) is 37.8. The minimum atomic E-state index is -1.19. The SMILES string of the molecule is C.CC(C)(C)OC(=O)N[C@H](C(=O)O)C12CC3CC(O)(CC(O)(C3)C1)C2.CN(CC#N)C(=O)[C@@H](N)C12CC3CC(O)(CC(O)(C3)C1)C2. The number of nitriles is 1.